The van der Waals surface area contributed by atoms with Crippen LogP contribution in [0.25, 0.3) is 0 Å². The number of hydrogen-bond acceptors (Lipinski definition) is 4. The lowest BCUT2D eigenvalue weighted by Gasteiger charge is -2.20. The van der Waals surface area contributed by atoms with Crippen molar-refractivity contribution in [3.63, 3.8) is 0 Å². The Kier molecular flexibility index (Phi) is 7.54. The first-order valence-electron chi connectivity index (χ1n) is 11.2. The first-order chi connectivity index (χ1) is 16.0. The molecule has 172 valence electrons. The molecule has 4 rings (SSSR count). The van der Waals surface area contributed by atoms with Crippen molar-refractivity contribution in [2.45, 2.75) is 30.2 Å². The number of hydrogen-bond donors (Lipinski definition) is 2. The fourth-order valence-corrected chi connectivity index (χ4v) is 5.64. The molecule has 1 fully saturated rings. The summed E-state index contributed by atoms with van der Waals surface area (Å²) < 4.78 is 27.1. The molecule has 1 atom stereocenters. The van der Waals surface area contributed by atoms with E-state index in [2.05, 4.69) is 22.8 Å². The molecule has 1 heterocycles. The molecule has 1 aliphatic rings. The maximum atomic E-state index is 12.8. The summed E-state index contributed by atoms with van der Waals surface area (Å²) in [6, 6.07) is 26.6. The quantitative estimate of drug-likeness (QED) is 0.503. The molecule has 7 heteroatoms. The first kappa shape index (κ1) is 23.2. The van der Waals surface area contributed by atoms with Crippen LogP contribution >= 0.6 is 0 Å². The van der Waals surface area contributed by atoms with Gasteiger partial charge >= 0.3 is 0 Å². The molecule has 0 radical (unpaired) electrons. The molecule has 0 saturated carbocycles. The van der Waals surface area contributed by atoms with Crippen molar-refractivity contribution in [3.05, 3.63) is 96.1 Å². The minimum Gasteiger partial charge on any atom is -0.325 e. The first-order valence-corrected chi connectivity index (χ1v) is 12.7. The van der Waals surface area contributed by atoms with Gasteiger partial charge in [-0.3, -0.25) is 4.79 Å². The number of benzene rings is 3. The van der Waals surface area contributed by atoms with Crippen LogP contribution < -0.4 is 10.6 Å². The van der Waals surface area contributed by atoms with Crippen LogP contribution in [0.1, 0.15) is 30.0 Å². The Morgan fingerprint density at radius 1 is 0.879 bits per heavy atom. The number of sulfonamides is 1. The lowest BCUT2D eigenvalue weighted by molar-refractivity contribution is -0.115. The number of rotatable bonds is 9. The van der Waals surface area contributed by atoms with Gasteiger partial charge in [0.1, 0.15) is 0 Å². The molecule has 3 aromatic rings. The van der Waals surface area contributed by atoms with Gasteiger partial charge in [0, 0.05) is 24.8 Å². The van der Waals surface area contributed by atoms with Gasteiger partial charge in [-0.1, -0.05) is 66.7 Å². The van der Waals surface area contributed by atoms with E-state index in [1.54, 1.807) is 18.2 Å². The molecule has 6 nitrogen and oxygen atoms in total. The summed E-state index contributed by atoms with van der Waals surface area (Å²) in [6.45, 7) is 1.20. The molecule has 0 unspecified atom stereocenters. The average molecular weight is 464 g/mol. The third kappa shape index (κ3) is 6.07. The monoisotopic (exact) mass is 463 g/mol. The van der Waals surface area contributed by atoms with E-state index in [0.29, 0.717) is 18.8 Å². The van der Waals surface area contributed by atoms with Crippen LogP contribution in [0.3, 0.4) is 0 Å². The van der Waals surface area contributed by atoms with E-state index in [4.69, 9.17) is 0 Å². The second kappa shape index (κ2) is 10.7. The highest BCUT2D eigenvalue weighted by Crippen LogP contribution is 2.23. The van der Waals surface area contributed by atoms with Crippen LogP contribution in [-0.2, 0) is 21.2 Å². The second-order valence-electron chi connectivity index (χ2n) is 8.22. The summed E-state index contributed by atoms with van der Waals surface area (Å²) in [4.78, 5) is 12.9. The van der Waals surface area contributed by atoms with Gasteiger partial charge in [-0.2, -0.15) is 4.31 Å². The number of carbonyl (C=O) groups is 1. The lowest BCUT2D eigenvalue weighted by Crippen LogP contribution is -2.32. The molecule has 33 heavy (non-hydrogen) atoms. The molecule has 1 aliphatic heterocycles. The van der Waals surface area contributed by atoms with Crippen molar-refractivity contribution in [2.75, 3.05) is 25.0 Å². The lowest BCUT2D eigenvalue weighted by atomic mass is 9.99. The van der Waals surface area contributed by atoms with Crippen LogP contribution in [-0.4, -0.2) is 38.3 Å². The standard InChI is InChI=1S/C26H29N3O3S/c30-26(28-23-14-9-15-24(19-23)33(31,32)29-16-7-8-17-29)20-27-25(22-12-5-2-6-13-22)18-21-10-3-1-4-11-21/h1-6,9-15,19,25,27H,7-8,16-18,20H2,(H,28,30)/t25-/m0/s1. The average Bonchev–Trinajstić information content (AvgIpc) is 3.39. The van der Waals surface area contributed by atoms with Crippen molar-refractivity contribution < 1.29 is 13.2 Å². The Morgan fingerprint density at radius 3 is 2.24 bits per heavy atom. The number of amides is 1. The van der Waals surface area contributed by atoms with Crippen LogP contribution in [0.2, 0.25) is 0 Å². The summed E-state index contributed by atoms with van der Waals surface area (Å²) in [7, 11) is -3.53. The topological polar surface area (TPSA) is 78.5 Å². The van der Waals surface area contributed by atoms with E-state index in [-0.39, 0.29) is 23.4 Å². The van der Waals surface area contributed by atoms with E-state index in [9.17, 15) is 13.2 Å². The zero-order chi connectivity index (χ0) is 23.1. The summed E-state index contributed by atoms with van der Waals surface area (Å²) >= 11 is 0. The summed E-state index contributed by atoms with van der Waals surface area (Å²) in [5.41, 5.74) is 2.76. The van der Waals surface area contributed by atoms with E-state index in [1.807, 2.05) is 48.5 Å². The Labute approximate surface area is 195 Å². The third-order valence-corrected chi connectivity index (χ3v) is 7.71. The van der Waals surface area contributed by atoms with E-state index < -0.39 is 10.0 Å². The third-order valence-electron chi connectivity index (χ3n) is 5.81. The molecule has 0 spiro atoms. The van der Waals surface area contributed by atoms with Gasteiger partial charge in [0.05, 0.1) is 11.4 Å². The maximum absolute atomic E-state index is 12.8. The number of nitrogens with zero attached hydrogens (tertiary/aromatic N) is 1. The highest BCUT2D eigenvalue weighted by Gasteiger charge is 2.27. The van der Waals surface area contributed by atoms with E-state index in [1.165, 1.54) is 15.9 Å². The largest absolute Gasteiger partial charge is 0.325 e. The SMILES string of the molecule is O=C(CN[C@@H](Cc1ccccc1)c1ccccc1)Nc1cccc(S(=O)(=O)N2CCCC2)c1. The van der Waals surface area contributed by atoms with Crippen LogP contribution in [0.5, 0.6) is 0 Å². The van der Waals surface area contributed by atoms with Crippen molar-refractivity contribution in [3.8, 4) is 0 Å². The van der Waals surface area contributed by atoms with E-state index >= 15 is 0 Å². The van der Waals surface area contributed by atoms with Crippen LogP contribution in [0, 0.1) is 0 Å². The number of anilines is 1. The van der Waals surface area contributed by atoms with Crippen molar-refractivity contribution >= 4 is 21.6 Å². The fourth-order valence-electron chi connectivity index (χ4n) is 4.08. The number of carbonyl (C=O) groups excluding carboxylic acids is 1. The molecule has 0 aromatic heterocycles. The fraction of sp³-hybridized carbons (Fsp3) is 0.269. The molecule has 1 amide bonds. The second-order valence-corrected chi connectivity index (χ2v) is 10.2. The Morgan fingerprint density at radius 2 is 1.55 bits per heavy atom. The zero-order valence-electron chi connectivity index (χ0n) is 18.5. The van der Waals surface area contributed by atoms with Gasteiger partial charge in [-0.25, -0.2) is 8.42 Å². The highest BCUT2D eigenvalue weighted by atomic mass is 32.2. The Hall–Kier alpha value is -3.00. The van der Waals surface area contributed by atoms with Crippen LogP contribution in [0.15, 0.2) is 89.8 Å². The van der Waals surface area contributed by atoms with Crippen molar-refractivity contribution in [1.29, 1.82) is 0 Å². The summed E-state index contributed by atoms with van der Waals surface area (Å²) in [5.74, 6) is -0.222. The van der Waals surface area contributed by atoms with Crippen molar-refractivity contribution in [1.82, 2.24) is 9.62 Å². The predicted octanol–water partition coefficient (Wildman–Crippen LogP) is 3.98. The van der Waals surface area contributed by atoms with Gasteiger partial charge < -0.3 is 10.6 Å². The molecular formula is C26H29N3O3S. The highest BCUT2D eigenvalue weighted by molar-refractivity contribution is 7.89. The molecule has 0 bridgehead atoms. The summed E-state index contributed by atoms with van der Waals surface area (Å²) in [6.07, 6.45) is 2.52. The maximum Gasteiger partial charge on any atom is 0.243 e. The zero-order valence-corrected chi connectivity index (χ0v) is 19.3. The molecular weight excluding hydrogens is 434 g/mol. The minimum atomic E-state index is -3.53. The predicted molar refractivity (Wildman–Crippen MR) is 130 cm³/mol. The molecule has 2 N–H and O–H groups in total. The van der Waals surface area contributed by atoms with Gasteiger partial charge in [-0.05, 0) is 48.6 Å². The normalized spacial score (nSPS) is 15.3. The smallest absolute Gasteiger partial charge is 0.243 e. The van der Waals surface area contributed by atoms with Gasteiger partial charge in [-0.15, -0.1) is 0 Å². The number of nitrogens with one attached hydrogen (secondary N) is 2. The Bertz CT molecular complexity index is 1160. The molecule has 1 saturated heterocycles. The Balaban J connectivity index is 1.41. The van der Waals surface area contributed by atoms with Crippen LogP contribution in [0.4, 0.5) is 5.69 Å². The minimum absolute atomic E-state index is 0.0266. The van der Waals surface area contributed by atoms with E-state index in [0.717, 1.165) is 24.8 Å². The van der Waals surface area contributed by atoms with Gasteiger partial charge in [0.25, 0.3) is 0 Å². The summed E-state index contributed by atoms with van der Waals surface area (Å²) in [5, 5.41) is 6.19. The van der Waals surface area contributed by atoms with Gasteiger partial charge in [0.2, 0.25) is 15.9 Å². The van der Waals surface area contributed by atoms with Crippen molar-refractivity contribution in [2.24, 2.45) is 0 Å². The molecule has 0 aliphatic carbocycles. The van der Waals surface area contributed by atoms with Gasteiger partial charge in [0.15, 0.2) is 0 Å². The molecule has 3 aromatic carbocycles.